The van der Waals surface area contributed by atoms with E-state index in [9.17, 15) is 18.0 Å². The second kappa shape index (κ2) is 12.9. The second-order valence-electron chi connectivity index (χ2n) is 10.0. The zero-order chi connectivity index (χ0) is 26.2. The summed E-state index contributed by atoms with van der Waals surface area (Å²) in [6.45, 7) is 13.0. The van der Waals surface area contributed by atoms with Crippen LogP contribution in [0.1, 0.15) is 41.5 Å². The number of rotatable bonds is 4. The van der Waals surface area contributed by atoms with Crippen molar-refractivity contribution in [3.8, 4) is 0 Å². The first-order valence-electron chi connectivity index (χ1n) is 11.1. The third kappa shape index (κ3) is 13.3. The van der Waals surface area contributed by atoms with Gasteiger partial charge in [-0.25, -0.2) is 9.59 Å². The Kier molecular flexibility index (Phi) is 11.5. The lowest BCUT2D eigenvalue weighted by molar-refractivity contribution is -0.0593. The minimum absolute atomic E-state index is 0.0701. The fourth-order valence-electron chi connectivity index (χ4n) is 2.83. The average molecular weight is 513 g/mol. The van der Waals surface area contributed by atoms with Gasteiger partial charge in [0.1, 0.15) is 17.3 Å². The molecule has 2 fully saturated rings. The highest BCUT2D eigenvalue weighted by Gasteiger charge is 2.29. The van der Waals surface area contributed by atoms with Crippen molar-refractivity contribution in [1.82, 2.24) is 9.80 Å². The Balaban J connectivity index is 0.000000350. The molecule has 12 nitrogen and oxygen atoms in total. The monoisotopic (exact) mass is 512 g/mol. The molecule has 0 spiro atoms. The van der Waals surface area contributed by atoms with Gasteiger partial charge in [-0.15, -0.1) is 0 Å². The topological polar surface area (TPSA) is 141 Å². The van der Waals surface area contributed by atoms with Crippen LogP contribution >= 0.6 is 0 Å². The van der Waals surface area contributed by atoms with E-state index >= 15 is 0 Å². The van der Waals surface area contributed by atoms with E-state index < -0.39 is 33.5 Å². The lowest BCUT2D eigenvalue weighted by Crippen LogP contribution is -2.48. The molecule has 0 aromatic heterocycles. The van der Waals surface area contributed by atoms with Gasteiger partial charge in [0.2, 0.25) is 0 Å². The average Bonchev–Trinajstić information content (AvgIpc) is 2.70. The Morgan fingerprint density at radius 1 is 0.882 bits per heavy atom. The van der Waals surface area contributed by atoms with Gasteiger partial charge in [0.15, 0.2) is 0 Å². The maximum Gasteiger partial charge on any atom is 0.410 e. The molecule has 2 aliphatic heterocycles. The van der Waals surface area contributed by atoms with Crippen molar-refractivity contribution >= 4 is 22.3 Å². The molecule has 1 N–H and O–H groups in total. The number of aliphatic hydroxyl groups excluding tert-OH is 1. The number of aliphatic hydroxyl groups is 1. The molecule has 2 aliphatic rings. The SMILES string of the molecule is CC(C)(C)OC(=O)N1CCO[C@H](CO)C1.CC(C)(C)OC(=O)N1CCO[C@H](COS(C)(=O)=O)C1. The van der Waals surface area contributed by atoms with Crippen LogP contribution in [0.5, 0.6) is 0 Å². The van der Waals surface area contributed by atoms with Gasteiger partial charge in [0, 0.05) is 13.1 Å². The van der Waals surface area contributed by atoms with E-state index in [1.807, 2.05) is 20.8 Å². The highest BCUT2D eigenvalue weighted by Crippen LogP contribution is 2.14. The lowest BCUT2D eigenvalue weighted by Gasteiger charge is -2.33. The lowest BCUT2D eigenvalue weighted by atomic mass is 10.2. The van der Waals surface area contributed by atoms with Crippen LogP contribution in [0.15, 0.2) is 0 Å². The van der Waals surface area contributed by atoms with Crippen molar-refractivity contribution in [1.29, 1.82) is 0 Å². The van der Waals surface area contributed by atoms with Crippen molar-refractivity contribution in [2.75, 3.05) is 58.9 Å². The van der Waals surface area contributed by atoms with E-state index in [1.165, 1.54) is 4.90 Å². The summed E-state index contributed by atoms with van der Waals surface area (Å²) in [6.07, 6.45) is -0.548. The number of carbonyl (C=O) groups excluding carboxylic acids is 2. The maximum atomic E-state index is 11.8. The molecule has 2 rings (SSSR count). The number of hydrogen-bond donors (Lipinski definition) is 1. The second-order valence-corrected chi connectivity index (χ2v) is 11.7. The molecular formula is C21H40N2O10S. The summed E-state index contributed by atoms with van der Waals surface area (Å²) >= 11 is 0. The van der Waals surface area contributed by atoms with Gasteiger partial charge in [-0.2, -0.15) is 8.42 Å². The van der Waals surface area contributed by atoms with E-state index in [2.05, 4.69) is 4.18 Å². The molecule has 13 heteroatoms. The molecule has 0 aromatic carbocycles. The van der Waals surface area contributed by atoms with Crippen molar-refractivity contribution in [3.05, 3.63) is 0 Å². The van der Waals surface area contributed by atoms with Crippen molar-refractivity contribution in [3.63, 3.8) is 0 Å². The molecule has 0 saturated carbocycles. The molecule has 200 valence electrons. The molecule has 2 heterocycles. The van der Waals surface area contributed by atoms with Crippen LogP contribution in [0.25, 0.3) is 0 Å². The van der Waals surface area contributed by atoms with Crippen molar-refractivity contribution < 1.29 is 46.2 Å². The van der Waals surface area contributed by atoms with Gasteiger partial charge in [-0.05, 0) is 41.5 Å². The van der Waals surface area contributed by atoms with Crippen LogP contribution in [0.3, 0.4) is 0 Å². The number of ether oxygens (including phenoxy) is 4. The van der Waals surface area contributed by atoms with Crippen LogP contribution in [-0.2, 0) is 33.2 Å². The minimum atomic E-state index is -3.50. The summed E-state index contributed by atoms with van der Waals surface area (Å²) in [5, 5.41) is 8.92. The molecule has 2 atom stereocenters. The van der Waals surface area contributed by atoms with Gasteiger partial charge >= 0.3 is 12.2 Å². The zero-order valence-electron chi connectivity index (χ0n) is 21.2. The normalized spacial score (nSPS) is 21.9. The number of morpholine rings is 2. The largest absolute Gasteiger partial charge is 0.444 e. The summed E-state index contributed by atoms with van der Waals surface area (Å²) in [5.41, 5.74) is -1.04. The Bertz CT molecular complexity index is 760. The molecular weight excluding hydrogens is 472 g/mol. The molecule has 34 heavy (non-hydrogen) atoms. The Labute approximate surface area is 202 Å². The van der Waals surface area contributed by atoms with E-state index in [0.717, 1.165) is 6.26 Å². The zero-order valence-corrected chi connectivity index (χ0v) is 22.1. The number of hydrogen-bond acceptors (Lipinski definition) is 10. The summed E-state index contributed by atoms with van der Waals surface area (Å²) in [5.74, 6) is 0. The first-order valence-corrected chi connectivity index (χ1v) is 12.9. The standard InChI is InChI=1S/C11H21NO6S.C10H19NO4/c1-11(2,3)18-10(13)12-5-6-16-9(7-12)8-17-19(4,14)15;1-10(2,3)15-9(13)11-4-5-14-8(6-11)7-12/h9H,5-8H2,1-4H3;8,12H,4-7H2,1-3H3/t9-;8-/m00/s1. The Hall–Kier alpha value is -1.67. The first kappa shape index (κ1) is 30.4. The summed E-state index contributed by atoms with van der Waals surface area (Å²) in [6, 6.07) is 0. The predicted molar refractivity (Wildman–Crippen MR) is 123 cm³/mol. The van der Waals surface area contributed by atoms with Gasteiger partial charge in [-0.3, -0.25) is 4.18 Å². The molecule has 0 aromatic rings. The van der Waals surface area contributed by atoms with Crippen LogP contribution in [0.4, 0.5) is 9.59 Å². The summed E-state index contributed by atoms with van der Waals surface area (Å²) in [7, 11) is -3.50. The summed E-state index contributed by atoms with van der Waals surface area (Å²) < 4.78 is 47.5. The van der Waals surface area contributed by atoms with Crippen LogP contribution in [0, 0.1) is 0 Å². The maximum absolute atomic E-state index is 11.8. The third-order valence-corrected chi connectivity index (χ3v) is 4.82. The van der Waals surface area contributed by atoms with E-state index in [0.29, 0.717) is 32.8 Å². The fraction of sp³-hybridized carbons (Fsp3) is 0.905. The van der Waals surface area contributed by atoms with E-state index in [-0.39, 0.29) is 32.0 Å². The Morgan fingerprint density at radius 3 is 1.68 bits per heavy atom. The number of carbonyl (C=O) groups is 2. The molecule has 0 aliphatic carbocycles. The van der Waals surface area contributed by atoms with E-state index in [4.69, 9.17) is 24.1 Å². The van der Waals surface area contributed by atoms with Gasteiger partial charge in [-0.1, -0.05) is 0 Å². The third-order valence-electron chi connectivity index (χ3n) is 4.25. The van der Waals surface area contributed by atoms with Crippen molar-refractivity contribution in [2.24, 2.45) is 0 Å². The van der Waals surface area contributed by atoms with Gasteiger partial charge < -0.3 is 33.9 Å². The molecule has 0 unspecified atom stereocenters. The van der Waals surface area contributed by atoms with Gasteiger partial charge in [0.05, 0.1) is 51.9 Å². The summed E-state index contributed by atoms with van der Waals surface area (Å²) in [4.78, 5) is 26.5. The predicted octanol–water partition coefficient (Wildman–Crippen LogP) is 1.21. The minimum Gasteiger partial charge on any atom is -0.444 e. The highest BCUT2D eigenvalue weighted by molar-refractivity contribution is 7.85. The quantitative estimate of drug-likeness (QED) is 0.546. The smallest absolute Gasteiger partial charge is 0.410 e. The van der Waals surface area contributed by atoms with Gasteiger partial charge in [0.25, 0.3) is 10.1 Å². The number of amides is 2. The number of nitrogens with zero attached hydrogens (tertiary/aromatic N) is 2. The van der Waals surface area contributed by atoms with Crippen LogP contribution in [-0.4, -0.2) is 118 Å². The van der Waals surface area contributed by atoms with Crippen molar-refractivity contribution in [2.45, 2.75) is 65.0 Å². The molecule has 0 bridgehead atoms. The van der Waals surface area contributed by atoms with Crippen LogP contribution in [0.2, 0.25) is 0 Å². The fourth-order valence-corrected chi connectivity index (χ4v) is 3.23. The van der Waals surface area contributed by atoms with Crippen LogP contribution < -0.4 is 0 Å². The molecule has 2 amide bonds. The first-order chi connectivity index (χ1) is 15.5. The highest BCUT2D eigenvalue weighted by atomic mass is 32.2. The molecule has 2 saturated heterocycles. The Morgan fingerprint density at radius 2 is 1.29 bits per heavy atom. The molecule has 0 radical (unpaired) electrons. The van der Waals surface area contributed by atoms with E-state index in [1.54, 1.807) is 25.7 Å².